The molecule has 3 rings (SSSR count). The van der Waals surface area contributed by atoms with Gasteiger partial charge in [0.25, 0.3) is 0 Å². The van der Waals surface area contributed by atoms with Crippen LogP contribution in [0.5, 0.6) is 5.75 Å². The van der Waals surface area contributed by atoms with E-state index in [0.29, 0.717) is 5.75 Å². The largest absolute Gasteiger partial charge is 0.493 e. The highest BCUT2D eigenvalue weighted by molar-refractivity contribution is 6.08. The van der Waals surface area contributed by atoms with Gasteiger partial charge in [-0.3, -0.25) is 5.73 Å². The van der Waals surface area contributed by atoms with Crippen LogP contribution < -0.4 is 21.5 Å². The van der Waals surface area contributed by atoms with Crippen molar-refractivity contribution in [2.45, 2.75) is 18.4 Å². The monoisotopic (exact) mass is 378 g/mol. The Hall–Kier alpha value is -3.14. The summed E-state index contributed by atoms with van der Waals surface area (Å²) in [7, 11) is 0. The van der Waals surface area contributed by atoms with Crippen molar-refractivity contribution < 1.29 is 17.9 Å². The Morgan fingerprint density at radius 3 is 2.48 bits per heavy atom. The number of aromatic nitrogens is 1. The number of benzene rings is 1. The molecule has 0 spiro atoms. The molecule has 0 saturated carbocycles. The molecule has 0 saturated heterocycles. The number of guanidine groups is 1. The molecule has 27 heavy (non-hydrogen) atoms. The van der Waals surface area contributed by atoms with E-state index < -0.39 is 17.7 Å². The van der Waals surface area contributed by atoms with Crippen molar-refractivity contribution in [3.05, 3.63) is 59.9 Å². The number of nitrogens with two attached hydrogens (primary N) is 2. The molecule has 2 aromatic rings. The van der Waals surface area contributed by atoms with Gasteiger partial charge < -0.3 is 15.8 Å². The Kier molecular flexibility index (Phi) is 5.00. The molecule has 1 aliphatic heterocycles. The predicted octanol–water partition coefficient (Wildman–Crippen LogP) is 1.85. The second kappa shape index (κ2) is 7.23. The fourth-order valence-electron chi connectivity index (χ4n) is 2.40. The van der Waals surface area contributed by atoms with Crippen molar-refractivity contribution in [3.63, 3.8) is 0 Å². The Morgan fingerprint density at radius 2 is 1.78 bits per heavy atom. The molecule has 10 heteroatoms. The van der Waals surface area contributed by atoms with Crippen LogP contribution in [-0.4, -0.2) is 29.2 Å². The lowest BCUT2D eigenvalue weighted by Gasteiger charge is -2.27. The fraction of sp³-hybridized carbons (Fsp3) is 0.235. The molecule has 142 valence electrons. The molecular weight excluding hydrogens is 361 g/mol. The number of ether oxygens (including phenoxy) is 1. The van der Waals surface area contributed by atoms with Gasteiger partial charge >= 0.3 is 6.18 Å². The lowest BCUT2D eigenvalue weighted by Crippen LogP contribution is -2.51. The lowest BCUT2D eigenvalue weighted by atomic mass is 10.2. The number of rotatable bonds is 5. The van der Waals surface area contributed by atoms with E-state index in [2.05, 4.69) is 20.3 Å². The van der Waals surface area contributed by atoms with E-state index in [1.165, 1.54) is 12.1 Å². The van der Waals surface area contributed by atoms with Crippen LogP contribution in [0.1, 0.15) is 17.8 Å². The first-order valence-electron chi connectivity index (χ1n) is 7.99. The van der Waals surface area contributed by atoms with Crippen LogP contribution in [-0.2, 0) is 6.18 Å². The molecule has 0 amide bonds. The molecule has 1 aliphatic rings. The van der Waals surface area contributed by atoms with Crippen LogP contribution in [0.4, 0.5) is 13.2 Å². The highest BCUT2D eigenvalue weighted by Gasteiger charge is 2.34. The van der Waals surface area contributed by atoms with Crippen molar-refractivity contribution >= 4 is 11.8 Å². The van der Waals surface area contributed by atoms with Crippen LogP contribution >= 0.6 is 0 Å². The number of nitrogens with one attached hydrogen (secondary N) is 1. The maximum absolute atomic E-state index is 12.9. The molecule has 1 atom stereocenters. The zero-order chi connectivity index (χ0) is 19.5. The number of hydrogen-bond acceptors (Lipinski definition) is 7. The maximum atomic E-state index is 12.9. The van der Waals surface area contributed by atoms with Gasteiger partial charge in [-0.2, -0.15) is 13.2 Å². The first-order valence-corrected chi connectivity index (χ1v) is 7.99. The smallest absolute Gasteiger partial charge is 0.433 e. The summed E-state index contributed by atoms with van der Waals surface area (Å²) in [5, 5.41) is 2.60. The molecule has 0 radical (unpaired) electrons. The summed E-state index contributed by atoms with van der Waals surface area (Å²) in [6, 6.07) is 12.5. The number of nitrogens with zero attached hydrogens (tertiary/aromatic N) is 3. The third kappa shape index (κ3) is 4.73. The standard InChI is InChI=1S/C17H17F3N6O/c18-17(19,20)13-8-4-7-12(23-13)14-24-15(21)26-16(22,25-14)9-10-27-11-5-2-1-3-6-11/h1-8H,9-10,22H2,(H3,21,24,25,26). The summed E-state index contributed by atoms with van der Waals surface area (Å²) in [5.74, 6) is -0.886. The van der Waals surface area contributed by atoms with Crippen LogP contribution in [0.2, 0.25) is 0 Å². The zero-order valence-corrected chi connectivity index (χ0v) is 14.1. The lowest BCUT2D eigenvalue weighted by molar-refractivity contribution is -0.141. The van der Waals surface area contributed by atoms with Crippen LogP contribution in [0.3, 0.4) is 0 Å². The molecule has 0 fully saturated rings. The molecule has 5 N–H and O–H groups in total. The van der Waals surface area contributed by atoms with Gasteiger partial charge in [0.2, 0.25) is 5.79 Å². The summed E-state index contributed by atoms with van der Waals surface area (Å²) < 4.78 is 44.2. The highest BCUT2D eigenvalue weighted by atomic mass is 19.4. The quantitative estimate of drug-likeness (QED) is 0.735. The van der Waals surface area contributed by atoms with E-state index >= 15 is 0 Å². The van der Waals surface area contributed by atoms with Gasteiger partial charge in [-0.25, -0.2) is 15.0 Å². The van der Waals surface area contributed by atoms with Crippen LogP contribution in [0.15, 0.2) is 58.5 Å². The number of hydrogen-bond donors (Lipinski definition) is 3. The fourth-order valence-corrected chi connectivity index (χ4v) is 2.40. The molecule has 1 aromatic carbocycles. The van der Waals surface area contributed by atoms with E-state index in [1.54, 1.807) is 12.1 Å². The van der Waals surface area contributed by atoms with Crippen LogP contribution in [0, 0.1) is 0 Å². The zero-order valence-electron chi connectivity index (χ0n) is 14.1. The first kappa shape index (κ1) is 18.6. The van der Waals surface area contributed by atoms with Crippen LogP contribution in [0.25, 0.3) is 0 Å². The highest BCUT2D eigenvalue weighted by Crippen LogP contribution is 2.27. The summed E-state index contributed by atoms with van der Waals surface area (Å²) >= 11 is 0. The number of para-hydroxylation sites is 1. The summed E-state index contributed by atoms with van der Waals surface area (Å²) in [6.45, 7) is 0.185. The third-order valence-electron chi connectivity index (χ3n) is 3.63. The SMILES string of the molecule is NC1=NC(N)(CCOc2ccccc2)N=C(c2cccc(C(F)(F)F)n2)N1. The minimum Gasteiger partial charge on any atom is -0.493 e. The van der Waals surface area contributed by atoms with Crippen molar-refractivity contribution in [1.82, 2.24) is 10.3 Å². The van der Waals surface area contributed by atoms with Gasteiger partial charge in [-0.1, -0.05) is 24.3 Å². The van der Waals surface area contributed by atoms with E-state index in [4.69, 9.17) is 16.2 Å². The number of halogens is 3. The Bertz CT molecular complexity index is 868. The average Bonchev–Trinajstić information content (AvgIpc) is 2.61. The van der Waals surface area contributed by atoms with Crippen molar-refractivity contribution in [2.75, 3.05) is 6.61 Å². The second-order valence-corrected chi connectivity index (χ2v) is 5.78. The third-order valence-corrected chi connectivity index (χ3v) is 3.63. The van der Waals surface area contributed by atoms with E-state index in [-0.39, 0.29) is 30.5 Å². The summed E-state index contributed by atoms with van der Waals surface area (Å²) in [6.07, 6.45) is -4.42. The van der Waals surface area contributed by atoms with Gasteiger partial charge in [-0.05, 0) is 24.3 Å². The Labute approximate surface area is 153 Å². The Morgan fingerprint density at radius 1 is 1.04 bits per heavy atom. The molecule has 2 heterocycles. The Balaban J connectivity index is 1.78. The minimum atomic E-state index is -4.58. The molecular formula is C17H17F3N6O. The summed E-state index contributed by atoms with van der Waals surface area (Å²) in [5.41, 5.74) is 10.8. The van der Waals surface area contributed by atoms with Gasteiger partial charge in [0.1, 0.15) is 17.1 Å². The van der Waals surface area contributed by atoms with E-state index in [0.717, 1.165) is 6.07 Å². The van der Waals surface area contributed by atoms with Gasteiger partial charge in [0.15, 0.2) is 11.8 Å². The van der Waals surface area contributed by atoms with Crippen molar-refractivity contribution in [3.8, 4) is 5.75 Å². The van der Waals surface area contributed by atoms with Gasteiger partial charge in [0, 0.05) is 6.42 Å². The van der Waals surface area contributed by atoms with Crippen molar-refractivity contribution in [1.29, 1.82) is 0 Å². The minimum absolute atomic E-state index is 0.0100. The normalized spacial score (nSPS) is 19.7. The van der Waals surface area contributed by atoms with Gasteiger partial charge in [0.05, 0.1) is 6.61 Å². The van der Waals surface area contributed by atoms with Gasteiger partial charge in [-0.15, -0.1) is 0 Å². The average molecular weight is 378 g/mol. The van der Waals surface area contributed by atoms with E-state index in [9.17, 15) is 13.2 Å². The molecule has 1 unspecified atom stereocenters. The molecule has 7 nitrogen and oxygen atoms in total. The number of pyridine rings is 1. The van der Waals surface area contributed by atoms with Crippen molar-refractivity contribution in [2.24, 2.45) is 21.5 Å². The topological polar surface area (TPSA) is 111 Å². The summed E-state index contributed by atoms with van der Waals surface area (Å²) in [4.78, 5) is 11.8. The first-order chi connectivity index (χ1) is 12.8. The number of amidine groups is 1. The second-order valence-electron chi connectivity index (χ2n) is 5.78. The number of aliphatic imine (C=N–C) groups is 2. The number of alkyl halides is 3. The predicted molar refractivity (Wildman–Crippen MR) is 94.0 cm³/mol. The maximum Gasteiger partial charge on any atom is 0.433 e. The molecule has 0 bridgehead atoms. The van der Waals surface area contributed by atoms with E-state index in [1.807, 2.05) is 18.2 Å². The molecule has 0 aliphatic carbocycles. The molecule has 1 aromatic heterocycles.